The number of H-pyrrole nitrogens is 1. The Labute approximate surface area is 176 Å². The van der Waals surface area contributed by atoms with Gasteiger partial charge in [-0.2, -0.15) is 0 Å². The number of nitrogens with one attached hydrogen (secondary N) is 1. The molecule has 0 radical (unpaired) electrons. The Hall–Kier alpha value is -2.54. The summed E-state index contributed by atoms with van der Waals surface area (Å²) in [6.45, 7) is 0.598. The minimum absolute atomic E-state index is 0.180. The van der Waals surface area contributed by atoms with Crippen molar-refractivity contribution in [3.63, 3.8) is 0 Å². The van der Waals surface area contributed by atoms with E-state index in [1.807, 2.05) is 19.3 Å². The quantitative estimate of drug-likeness (QED) is 0.635. The van der Waals surface area contributed by atoms with E-state index in [9.17, 15) is 13.2 Å². The minimum Gasteiger partial charge on any atom is -0.493 e. The average molecular weight is 429 g/mol. The second-order valence-electron chi connectivity index (χ2n) is 8.29. The number of sulfone groups is 1. The predicted molar refractivity (Wildman–Crippen MR) is 119 cm³/mol. The van der Waals surface area contributed by atoms with Crippen molar-refractivity contribution in [1.82, 2.24) is 9.55 Å². The molecule has 1 saturated carbocycles. The van der Waals surface area contributed by atoms with Crippen LogP contribution in [0.4, 0.5) is 0 Å². The summed E-state index contributed by atoms with van der Waals surface area (Å²) < 4.78 is 32.3. The van der Waals surface area contributed by atoms with E-state index >= 15 is 0 Å². The van der Waals surface area contributed by atoms with Crippen LogP contribution in [0.1, 0.15) is 38.5 Å². The second kappa shape index (κ2) is 8.30. The van der Waals surface area contributed by atoms with Gasteiger partial charge in [0, 0.05) is 42.2 Å². The van der Waals surface area contributed by atoms with Gasteiger partial charge in [0.25, 0.3) is 5.56 Å². The maximum absolute atomic E-state index is 12.3. The van der Waals surface area contributed by atoms with Crippen LogP contribution in [0.15, 0.2) is 46.3 Å². The third-order valence-corrected chi connectivity index (χ3v) is 7.19. The lowest BCUT2D eigenvalue weighted by atomic mass is 9.87. The van der Waals surface area contributed by atoms with Gasteiger partial charge in [0.1, 0.15) is 11.3 Å². The Morgan fingerprint density at radius 3 is 2.63 bits per heavy atom. The van der Waals surface area contributed by atoms with Crippen molar-refractivity contribution in [3.05, 3.63) is 47.0 Å². The number of rotatable bonds is 6. The molecule has 160 valence electrons. The van der Waals surface area contributed by atoms with Gasteiger partial charge in [-0.1, -0.05) is 32.1 Å². The maximum Gasteiger partial charge on any atom is 0.272 e. The molecule has 1 aromatic carbocycles. The Bertz CT molecular complexity index is 1220. The van der Waals surface area contributed by atoms with Crippen molar-refractivity contribution in [2.24, 2.45) is 13.0 Å². The van der Waals surface area contributed by atoms with E-state index in [4.69, 9.17) is 4.74 Å². The molecule has 1 aliphatic rings. The summed E-state index contributed by atoms with van der Waals surface area (Å²) >= 11 is 0. The first-order chi connectivity index (χ1) is 14.3. The normalized spacial score (nSPS) is 15.5. The number of ether oxygens (including phenoxy) is 1. The summed E-state index contributed by atoms with van der Waals surface area (Å²) in [6, 6.07) is 6.82. The first kappa shape index (κ1) is 20.7. The van der Waals surface area contributed by atoms with Gasteiger partial charge in [0.05, 0.1) is 11.5 Å². The van der Waals surface area contributed by atoms with Gasteiger partial charge in [-0.25, -0.2) is 8.42 Å². The number of hydrogen-bond donors (Lipinski definition) is 1. The zero-order valence-electron chi connectivity index (χ0n) is 17.5. The topological polar surface area (TPSA) is 81.2 Å². The molecule has 4 rings (SSSR count). The van der Waals surface area contributed by atoms with Gasteiger partial charge in [0.15, 0.2) is 9.84 Å². The monoisotopic (exact) mass is 428 g/mol. The Kier molecular flexibility index (Phi) is 5.73. The molecule has 0 aliphatic heterocycles. The van der Waals surface area contributed by atoms with E-state index in [0.717, 1.165) is 17.4 Å². The molecular weight excluding hydrogens is 400 g/mol. The third-order valence-electron chi connectivity index (χ3n) is 6.08. The third kappa shape index (κ3) is 4.17. The lowest BCUT2D eigenvalue weighted by molar-refractivity contribution is 0.247. The van der Waals surface area contributed by atoms with Crippen LogP contribution in [0.5, 0.6) is 5.75 Å². The van der Waals surface area contributed by atoms with E-state index in [1.165, 1.54) is 38.4 Å². The van der Waals surface area contributed by atoms with E-state index in [-0.39, 0.29) is 10.5 Å². The standard InChI is InChI=1S/C23H28N2O4S/c1-25-15-20(18-10-12-24-23(26)22(18)25)19-14-17(30(2,27)28)8-9-21(19)29-13-11-16-6-4-3-5-7-16/h8-10,12,14-16H,3-7,11,13H2,1-2H3,(H,24,26). The number of benzene rings is 1. The summed E-state index contributed by atoms with van der Waals surface area (Å²) in [5.41, 5.74) is 1.85. The number of pyridine rings is 1. The predicted octanol–water partition coefficient (Wildman–Crippen LogP) is 4.29. The zero-order valence-corrected chi connectivity index (χ0v) is 18.3. The number of nitrogens with zero attached hydrogens (tertiary/aromatic N) is 1. The van der Waals surface area contributed by atoms with Crippen LogP contribution in [0.2, 0.25) is 0 Å². The highest BCUT2D eigenvalue weighted by Gasteiger charge is 2.19. The molecule has 0 unspecified atom stereocenters. The van der Waals surface area contributed by atoms with Gasteiger partial charge >= 0.3 is 0 Å². The number of aromatic nitrogens is 2. The highest BCUT2D eigenvalue weighted by Crippen LogP contribution is 2.37. The Balaban J connectivity index is 1.73. The van der Waals surface area contributed by atoms with Gasteiger partial charge in [-0.3, -0.25) is 4.79 Å². The maximum atomic E-state index is 12.3. The number of aryl methyl sites for hydroxylation is 1. The Morgan fingerprint density at radius 2 is 1.90 bits per heavy atom. The Morgan fingerprint density at radius 1 is 1.13 bits per heavy atom. The molecule has 1 fully saturated rings. The molecule has 2 aromatic heterocycles. The molecular formula is C23H28N2O4S. The van der Waals surface area contributed by atoms with E-state index in [1.54, 1.807) is 29.0 Å². The fourth-order valence-electron chi connectivity index (χ4n) is 4.47. The lowest BCUT2D eigenvalue weighted by Crippen LogP contribution is -2.11. The van der Waals surface area contributed by atoms with Crippen LogP contribution in [0.25, 0.3) is 22.0 Å². The van der Waals surface area contributed by atoms with E-state index in [2.05, 4.69) is 4.98 Å². The van der Waals surface area contributed by atoms with Gasteiger partial charge < -0.3 is 14.3 Å². The van der Waals surface area contributed by atoms with Crippen molar-refractivity contribution in [2.45, 2.75) is 43.4 Å². The van der Waals surface area contributed by atoms with Gasteiger partial charge in [-0.05, 0) is 36.6 Å². The summed E-state index contributed by atoms with van der Waals surface area (Å²) in [5, 5.41) is 0.768. The smallest absolute Gasteiger partial charge is 0.272 e. The lowest BCUT2D eigenvalue weighted by Gasteiger charge is -2.21. The molecule has 30 heavy (non-hydrogen) atoms. The zero-order chi connectivity index (χ0) is 21.3. The molecule has 0 saturated heterocycles. The molecule has 1 aliphatic carbocycles. The van der Waals surface area contributed by atoms with Crippen molar-refractivity contribution in [2.75, 3.05) is 12.9 Å². The van der Waals surface area contributed by atoms with Crippen molar-refractivity contribution in [1.29, 1.82) is 0 Å². The number of hydrogen-bond acceptors (Lipinski definition) is 4. The first-order valence-corrected chi connectivity index (χ1v) is 12.4. The number of aromatic amines is 1. The van der Waals surface area contributed by atoms with Crippen molar-refractivity contribution < 1.29 is 13.2 Å². The summed E-state index contributed by atoms with van der Waals surface area (Å²) in [5.74, 6) is 1.35. The molecule has 6 nitrogen and oxygen atoms in total. The SMILES string of the molecule is Cn1cc(-c2cc(S(C)(=O)=O)ccc2OCCC2CCCCC2)c2cc[nH]c(=O)c21. The molecule has 0 atom stereocenters. The van der Waals surface area contributed by atoms with Crippen LogP contribution in [-0.2, 0) is 16.9 Å². The molecule has 2 heterocycles. The van der Waals surface area contributed by atoms with E-state index < -0.39 is 9.84 Å². The fourth-order valence-corrected chi connectivity index (χ4v) is 5.11. The average Bonchev–Trinajstić information content (AvgIpc) is 3.06. The van der Waals surface area contributed by atoms with Crippen LogP contribution >= 0.6 is 0 Å². The van der Waals surface area contributed by atoms with Crippen LogP contribution in [-0.4, -0.2) is 30.8 Å². The molecule has 7 heteroatoms. The van der Waals surface area contributed by atoms with Gasteiger partial charge in [-0.15, -0.1) is 0 Å². The summed E-state index contributed by atoms with van der Waals surface area (Å²) in [4.78, 5) is 15.2. The largest absolute Gasteiger partial charge is 0.493 e. The molecule has 0 spiro atoms. The van der Waals surface area contributed by atoms with E-state index in [0.29, 0.717) is 29.4 Å². The van der Waals surface area contributed by atoms with Crippen LogP contribution in [0.3, 0.4) is 0 Å². The molecule has 3 aromatic rings. The highest BCUT2D eigenvalue weighted by molar-refractivity contribution is 7.90. The number of fused-ring (bicyclic) bond motifs is 1. The first-order valence-electron chi connectivity index (χ1n) is 10.5. The second-order valence-corrected chi connectivity index (χ2v) is 10.3. The van der Waals surface area contributed by atoms with Crippen molar-refractivity contribution >= 4 is 20.7 Å². The van der Waals surface area contributed by atoms with Crippen LogP contribution in [0, 0.1) is 5.92 Å². The molecule has 0 bridgehead atoms. The molecule has 0 amide bonds. The molecule has 1 N–H and O–H groups in total. The summed E-state index contributed by atoms with van der Waals surface area (Å²) in [6.07, 6.45) is 12.1. The highest BCUT2D eigenvalue weighted by atomic mass is 32.2. The van der Waals surface area contributed by atoms with Gasteiger partial charge in [0.2, 0.25) is 0 Å². The minimum atomic E-state index is -3.37. The summed E-state index contributed by atoms with van der Waals surface area (Å²) in [7, 11) is -1.56. The fraction of sp³-hybridized carbons (Fsp3) is 0.435. The van der Waals surface area contributed by atoms with Crippen LogP contribution < -0.4 is 10.3 Å². The van der Waals surface area contributed by atoms with Crippen molar-refractivity contribution in [3.8, 4) is 16.9 Å².